The van der Waals surface area contributed by atoms with Gasteiger partial charge >= 0.3 is 19.1 Å². The van der Waals surface area contributed by atoms with Gasteiger partial charge in [0.05, 0.1) is 29.0 Å². The highest BCUT2D eigenvalue weighted by molar-refractivity contribution is 7.89. The third-order valence-electron chi connectivity index (χ3n) is 5.41. The van der Waals surface area contributed by atoms with Gasteiger partial charge < -0.3 is 14.0 Å². The van der Waals surface area contributed by atoms with E-state index in [-0.39, 0.29) is 36.4 Å². The Hall–Kier alpha value is -2.99. The summed E-state index contributed by atoms with van der Waals surface area (Å²) in [6.45, 7) is -0.394. The van der Waals surface area contributed by atoms with Crippen LogP contribution in [0.15, 0.2) is 29.2 Å². The summed E-state index contributed by atoms with van der Waals surface area (Å²) in [4.78, 5) is 35.7. The Kier molecular flexibility index (Phi) is 9.22. The molecule has 1 aromatic rings. The molecule has 0 amide bonds. The van der Waals surface area contributed by atoms with Crippen LogP contribution in [0.2, 0.25) is 0 Å². The second-order valence-corrected chi connectivity index (χ2v) is 9.98. The Bertz CT molecular complexity index is 1080. The van der Waals surface area contributed by atoms with Gasteiger partial charge in [-0.1, -0.05) is 31.1 Å². The number of carbonyl (C=O) groups is 2. The van der Waals surface area contributed by atoms with Crippen LogP contribution in [0.1, 0.15) is 32.1 Å². The summed E-state index contributed by atoms with van der Waals surface area (Å²) in [5, 5.41) is 10.9. The molecule has 1 aliphatic carbocycles. The number of nitrogens with one attached hydrogen (secondary N) is 1. The minimum atomic E-state index is -4.28. The van der Waals surface area contributed by atoms with Crippen molar-refractivity contribution < 1.29 is 37.0 Å². The van der Waals surface area contributed by atoms with Crippen molar-refractivity contribution in [2.45, 2.75) is 49.0 Å². The quantitative estimate of drug-likeness (QED) is 0.241. The third-order valence-corrected chi connectivity index (χ3v) is 6.86. The largest absolute Gasteiger partial charge is 0.631 e. The summed E-state index contributed by atoms with van der Waals surface area (Å²) in [5.41, 5.74) is -0.285. The smallest absolute Gasteiger partial charge is 0.497 e. The number of non-ortho nitro benzene ring substituents is 1. The van der Waals surface area contributed by atoms with Gasteiger partial charge in [-0.3, -0.25) is 24.6 Å². The van der Waals surface area contributed by atoms with Crippen molar-refractivity contribution in [2.75, 3.05) is 26.7 Å². The van der Waals surface area contributed by atoms with E-state index in [9.17, 15) is 28.1 Å². The molecule has 0 bridgehead atoms. The zero-order valence-corrected chi connectivity index (χ0v) is 20.0. The maximum Gasteiger partial charge on any atom is 0.631 e. The van der Waals surface area contributed by atoms with Crippen molar-refractivity contribution in [3.63, 3.8) is 0 Å². The van der Waals surface area contributed by atoms with Crippen molar-refractivity contribution in [1.29, 1.82) is 0 Å². The molecule has 1 aromatic carbocycles. The molecule has 3 rings (SSSR count). The first-order chi connectivity index (χ1) is 16.6. The van der Waals surface area contributed by atoms with Gasteiger partial charge in [0.15, 0.2) is 0 Å². The van der Waals surface area contributed by atoms with E-state index in [1.165, 1.54) is 11.9 Å². The summed E-state index contributed by atoms with van der Waals surface area (Å²) >= 11 is 0. The molecule has 1 N–H and O–H groups in total. The number of benzene rings is 1. The standard InChI is InChI=1S/C21H26BN3O9S/c1-24-14-20(26)33-22(34-21(27)15-24)19(8-5-13-32-17-6-3-2-4-7-17)23-35(30,31)18-11-9-16(10-12-18)25(28)29/h9-12,17,19,23H,2-4,6-7,13-15H2,1H3. The maximum atomic E-state index is 12.9. The number of nitrogens with zero attached hydrogens (tertiary/aromatic N) is 2. The lowest BCUT2D eigenvalue weighted by Crippen LogP contribution is -2.53. The van der Waals surface area contributed by atoms with Crippen LogP contribution in [0.3, 0.4) is 0 Å². The summed E-state index contributed by atoms with van der Waals surface area (Å²) in [6, 6.07) is 4.20. The predicted octanol–water partition coefficient (Wildman–Crippen LogP) is 0.654. The van der Waals surface area contributed by atoms with Gasteiger partial charge in [0.2, 0.25) is 10.0 Å². The van der Waals surface area contributed by atoms with E-state index in [0.717, 1.165) is 56.4 Å². The van der Waals surface area contributed by atoms with Crippen LogP contribution < -0.4 is 4.72 Å². The van der Waals surface area contributed by atoms with Crippen LogP contribution >= 0.6 is 0 Å². The molecule has 0 spiro atoms. The lowest BCUT2D eigenvalue weighted by molar-refractivity contribution is -0.384. The molecule has 1 unspecified atom stereocenters. The molecule has 1 heterocycles. The van der Waals surface area contributed by atoms with E-state index >= 15 is 0 Å². The highest BCUT2D eigenvalue weighted by atomic mass is 32.2. The second-order valence-electron chi connectivity index (χ2n) is 8.26. The predicted molar refractivity (Wildman–Crippen MR) is 123 cm³/mol. The van der Waals surface area contributed by atoms with Crippen molar-refractivity contribution in [2.24, 2.45) is 0 Å². The van der Waals surface area contributed by atoms with Gasteiger partial charge in [-0.15, -0.1) is 0 Å². The average Bonchev–Trinajstić information content (AvgIpc) is 2.80. The monoisotopic (exact) mass is 507 g/mol. The average molecular weight is 507 g/mol. The first-order valence-corrected chi connectivity index (χ1v) is 12.6. The summed E-state index contributed by atoms with van der Waals surface area (Å²) in [6.07, 6.45) is 5.20. The number of ether oxygens (including phenoxy) is 1. The first-order valence-electron chi connectivity index (χ1n) is 11.1. The highest BCUT2D eigenvalue weighted by Gasteiger charge is 2.41. The molecular weight excluding hydrogens is 481 g/mol. The van der Waals surface area contributed by atoms with Gasteiger partial charge in [-0.05, 0) is 32.0 Å². The highest BCUT2D eigenvalue weighted by Crippen LogP contribution is 2.20. The number of nitro groups is 1. The zero-order chi connectivity index (χ0) is 25.4. The molecular formula is C21H26BN3O9S. The fourth-order valence-corrected chi connectivity index (χ4v) is 4.80. The number of hydrogen-bond donors (Lipinski definition) is 1. The van der Waals surface area contributed by atoms with Crippen molar-refractivity contribution in [1.82, 2.24) is 9.62 Å². The molecule has 12 nitrogen and oxygen atoms in total. The summed E-state index contributed by atoms with van der Waals surface area (Å²) in [7, 11) is -4.40. The molecule has 0 radical (unpaired) electrons. The molecule has 1 atom stereocenters. The fourth-order valence-electron chi connectivity index (χ4n) is 3.67. The normalized spacial score (nSPS) is 18.9. The first kappa shape index (κ1) is 26.6. The van der Waals surface area contributed by atoms with E-state index in [0.29, 0.717) is 0 Å². The van der Waals surface area contributed by atoms with Gasteiger partial charge in [0.1, 0.15) is 12.5 Å². The Balaban J connectivity index is 1.80. The van der Waals surface area contributed by atoms with Crippen molar-refractivity contribution >= 4 is 34.8 Å². The van der Waals surface area contributed by atoms with Crippen LogP contribution in [-0.4, -0.2) is 76.1 Å². The van der Waals surface area contributed by atoms with E-state index in [4.69, 9.17) is 14.0 Å². The molecule has 14 heteroatoms. The van der Waals surface area contributed by atoms with Crippen LogP contribution in [0, 0.1) is 22.0 Å². The molecule has 188 valence electrons. The lowest BCUT2D eigenvalue weighted by atomic mass is 9.79. The Morgan fingerprint density at radius 1 is 1.17 bits per heavy atom. The van der Waals surface area contributed by atoms with Crippen LogP contribution in [-0.2, 0) is 33.7 Å². The molecule has 0 aromatic heterocycles. The van der Waals surface area contributed by atoms with E-state index < -0.39 is 39.9 Å². The molecule has 1 saturated carbocycles. The number of nitro benzene ring substituents is 1. The SMILES string of the molecule is CN1CC(=O)OB(C(C#CCOC2CCCCC2)NS(=O)(=O)c2ccc([N+](=O)[O-])cc2)OC(=O)C1. The number of likely N-dealkylation sites (N-methyl/N-ethyl adjacent to an activating group) is 1. The van der Waals surface area contributed by atoms with Crippen molar-refractivity contribution in [3.05, 3.63) is 34.4 Å². The minimum Gasteiger partial charge on any atom is -0.497 e. The van der Waals surface area contributed by atoms with Gasteiger partial charge in [0.25, 0.3) is 5.69 Å². The minimum absolute atomic E-state index is 0.0117. The summed E-state index contributed by atoms with van der Waals surface area (Å²) in [5.74, 6) is 2.46. The van der Waals surface area contributed by atoms with Gasteiger partial charge in [-0.2, -0.15) is 4.72 Å². The molecule has 1 aliphatic heterocycles. The molecule has 2 aliphatic rings. The van der Waals surface area contributed by atoms with Gasteiger partial charge in [0, 0.05) is 12.1 Å². The van der Waals surface area contributed by atoms with E-state index in [1.807, 2.05) is 0 Å². The number of carbonyl (C=O) groups excluding carboxylic acids is 2. The maximum absolute atomic E-state index is 12.9. The molecule has 35 heavy (non-hydrogen) atoms. The van der Waals surface area contributed by atoms with E-state index in [1.54, 1.807) is 0 Å². The van der Waals surface area contributed by atoms with Crippen molar-refractivity contribution in [3.8, 4) is 11.8 Å². The third kappa shape index (κ3) is 8.03. The summed E-state index contributed by atoms with van der Waals surface area (Å²) < 4.78 is 44.3. The second kappa shape index (κ2) is 12.1. The Morgan fingerprint density at radius 3 is 2.34 bits per heavy atom. The number of hydrogen-bond acceptors (Lipinski definition) is 10. The Morgan fingerprint density at radius 2 is 1.77 bits per heavy atom. The van der Waals surface area contributed by atoms with E-state index in [2.05, 4.69) is 16.6 Å². The number of sulfonamides is 1. The van der Waals surface area contributed by atoms with Gasteiger partial charge in [-0.25, -0.2) is 8.42 Å². The number of rotatable bonds is 7. The van der Waals surface area contributed by atoms with Crippen LogP contribution in [0.5, 0.6) is 0 Å². The fraction of sp³-hybridized carbons (Fsp3) is 0.524. The van der Waals surface area contributed by atoms with Crippen LogP contribution in [0.4, 0.5) is 5.69 Å². The molecule has 2 fully saturated rings. The lowest BCUT2D eigenvalue weighted by Gasteiger charge is -2.25. The topological polar surface area (TPSA) is 154 Å². The molecule has 1 saturated heterocycles. The Labute approximate surface area is 203 Å². The van der Waals surface area contributed by atoms with Crippen LogP contribution in [0.25, 0.3) is 0 Å². The zero-order valence-electron chi connectivity index (χ0n) is 19.2.